The zero-order valence-electron chi connectivity index (χ0n) is 16.4. The summed E-state index contributed by atoms with van der Waals surface area (Å²) in [6.07, 6.45) is 10.4. The molecule has 0 radical (unpaired) electrons. The van der Waals surface area contributed by atoms with Crippen molar-refractivity contribution in [2.24, 2.45) is 11.0 Å². The Morgan fingerprint density at radius 1 is 1.36 bits per heavy atom. The largest absolute Gasteiger partial charge is 0.491 e. The van der Waals surface area contributed by atoms with Crippen LogP contribution in [0.4, 0.5) is 0 Å². The van der Waals surface area contributed by atoms with Crippen LogP contribution in [-0.2, 0) is 6.42 Å². The molecule has 1 heterocycles. The van der Waals surface area contributed by atoms with Crippen molar-refractivity contribution >= 4 is 30.0 Å². The SMILES string of the molecule is CCOc1cc(/C=N\n2c(CCC3CCCCC3)n[nH]c2=S)cc(Cl)c1OC. The third-order valence-corrected chi connectivity index (χ3v) is 5.62. The Labute approximate surface area is 175 Å². The summed E-state index contributed by atoms with van der Waals surface area (Å²) in [6.45, 7) is 2.43. The predicted octanol–water partition coefficient (Wildman–Crippen LogP) is 5.40. The van der Waals surface area contributed by atoms with E-state index in [1.165, 1.54) is 32.1 Å². The van der Waals surface area contributed by atoms with Crippen LogP contribution in [0, 0.1) is 10.7 Å². The molecular weight excluding hydrogens is 396 g/mol. The van der Waals surface area contributed by atoms with E-state index in [1.54, 1.807) is 24.1 Å². The summed E-state index contributed by atoms with van der Waals surface area (Å²) in [5, 5.41) is 12.2. The summed E-state index contributed by atoms with van der Waals surface area (Å²) in [5.41, 5.74) is 0.801. The van der Waals surface area contributed by atoms with Crippen LogP contribution < -0.4 is 9.47 Å². The topological polar surface area (TPSA) is 64.4 Å². The van der Waals surface area contributed by atoms with Crippen LogP contribution in [-0.4, -0.2) is 34.8 Å². The van der Waals surface area contributed by atoms with Gasteiger partial charge < -0.3 is 9.47 Å². The van der Waals surface area contributed by atoms with Crippen LogP contribution in [0.25, 0.3) is 0 Å². The monoisotopic (exact) mass is 422 g/mol. The van der Waals surface area contributed by atoms with Gasteiger partial charge in [0.1, 0.15) is 0 Å². The van der Waals surface area contributed by atoms with Crippen molar-refractivity contribution in [2.75, 3.05) is 13.7 Å². The summed E-state index contributed by atoms with van der Waals surface area (Å²) >= 11 is 11.7. The molecule has 1 aromatic carbocycles. The van der Waals surface area contributed by atoms with Crippen molar-refractivity contribution in [3.05, 3.63) is 33.3 Å². The minimum atomic E-state index is 0.475. The molecule has 152 valence electrons. The highest BCUT2D eigenvalue weighted by atomic mass is 35.5. The summed E-state index contributed by atoms with van der Waals surface area (Å²) in [7, 11) is 1.57. The van der Waals surface area contributed by atoms with Gasteiger partial charge in [-0.3, -0.25) is 5.10 Å². The zero-order chi connectivity index (χ0) is 19.9. The highest BCUT2D eigenvalue weighted by molar-refractivity contribution is 7.71. The molecule has 2 aromatic rings. The van der Waals surface area contributed by atoms with E-state index in [-0.39, 0.29) is 0 Å². The first-order valence-electron chi connectivity index (χ1n) is 9.83. The summed E-state index contributed by atoms with van der Waals surface area (Å²) < 4.78 is 13.1. The van der Waals surface area contributed by atoms with E-state index in [2.05, 4.69) is 15.3 Å². The maximum absolute atomic E-state index is 6.32. The molecule has 1 aliphatic rings. The summed E-state index contributed by atoms with van der Waals surface area (Å²) in [5.74, 6) is 2.75. The molecular formula is C20H27ClN4O2S. The number of nitrogens with one attached hydrogen (secondary N) is 1. The first kappa shape index (κ1) is 20.9. The molecule has 0 aliphatic heterocycles. The number of halogens is 1. The van der Waals surface area contributed by atoms with Crippen molar-refractivity contribution in [2.45, 2.75) is 51.9 Å². The Hall–Kier alpha value is -1.86. The van der Waals surface area contributed by atoms with Crippen molar-refractivity contribution in [1.82, 2.24) is 14.9 Å². The molecule has 8 heteroatoms. The van der Waals surface area contributed by atoms with Crippen LogP contribution in [0.5, 0.6) is 11.5 Å². The Kier molecular flexibility index (Phi) is 7.50. The van der Waals surface area contributed by atoms with E-state index < -0.39 is 0 Å². The van der Waals surface area contributed by atoms with Crippen LogP contribution in [0.2, 0.25) is 5.02 Å². The molecule has 1 fully saturated rings. The fraction of sp³-hybridized carbons (Fsp3) is 0.550. The zero-order valence-corrected chi connectivity index (χ0v) is 18.0. The van der Waals surface area contributed by atoms with Crippen molar-refractivity contribution in [3.8, 4) is 11.5 Å². The van der Waals surface area contributed by atoms with E-state index in [0.717, 1.165) is 30.1 Å². The lowest BCUT2D eigenvalue weighted by Gasteiger charge is -2.20. The Balaban J connectivity index is 1.77. The number of H-pyrrole nitrogens is 1. The quantitative estimate of drug-likeness (QED) is 0.457. The third-order valence-electron chi connectivity index (χ3n) is 5.08. The van der Waals surface area contributed by atoms with Gasteiger partial charge in [0, 0.05) is 6.42 Å². The number of ether oxygens (including phenoxy) is 2. The maximum atomic E-state index is 6.32. The van der Waals surface area contributed by atoms with E-state index in [9.17, 15) is 0 Å². The average molecular weight is 423 g/mol. The van der Waals surface area contributed by atoms with Gasteiger partial charge in [0.2, 0.25) is 4.77 Å². The van der Waals surface area contributed by atoms with Crippen molar-refractivity contribution in [1.29, 1.82) is 0 Å². The highest BCUT2D eigenvalue weighted by Gasteiger charge is 2.15. The lowest BCUT2D eigenvalue weighted by Crippen LogP contribution is -2.09. The number of hydrogen-bond acceptors (Lipinski definition) is 5. The molecule has 0 atom stereocenters. The normalized spacial score (nSPS) is 15.2. The molecule has 1 aliphatic carbocycles. The number of hydrogen-bond donors (Lipinski definition) is 1. The van der Waals surface area contributed by atoms with Gasteiger partial charge in [-0.1, -0.05) is 43.7 Å². The molecule has 3 rings (SSSR count). The molecule has 6 nitrogen and oxygen atoms in total. The molecule has 0 saturated heterocycles. The first-order valence-corrected chi connectivity index (χ1v) is 10.6. The highest BCUT2D eigenvalue weighted by Crippen LogP contribution is 2.36. The Bertz CT molecular complexity index is 872. The van der Waals surface area contributed by atoms with Gasteiger partial charge in [-0.2, -0.15) is 14.9 Å². The molecule has 28 heavy (non-hydrogen) atoms. The molecule has 0 bridgehead atoms. The van der Waals surface area contributed by atoms with Gasteiger partial charge in [0.25, 0.3) is 0 Å². The van der Waals surface area contributed by atoms with E-state index in [1.807, 2.05) is 13.0 Å². The first-order chi connectivity index (χ1) is 13.6. The smallest absolute Gasteiger partial charge is 0.216 e. The number of aryl methyl sites for hydroxylation is 1. The average Bonchev–Trinajstić information content (AvgIpc) is 3.05. The van der Waals surface area contributed by atoms with Crippen LogP contribution in [0.3, 0.4) is 0 Å². The second-order valence-corrected chi connectivity index (χ2v) is 7.81. The van der Waals surface area contributed by atoms with Crippen LogP contribution >= 0.6 is 23.8 Å². The standard InChI is InChI=1S/C20H27ClN4O2S/c1-3-27-17-12-15(11-16(21)19(17)26-2)13-22-25-18(23-24-20(25)28)10-9-14-7-5-4-6-8-14/h11-14H,3-10H2,1-2H3,(H,24,28)/b22-13-. The maximum Gasteiger partial charge on any atom is 0.216 e. The summed E-state index contributed by atoms with van der Waals surface area (Å²) in [6, 6.07) is 3.64. The lowest BCUT2D eigenvalue weighted by atomic mass is 9.86. The van der Waals surface area contributed by atoms with Gasteiger partial charge in [-0.15, -0.1) is 0 Å². The second-order valence-electron chi connectivity index (χ2n) is 7.01. The Morgan fingerprint density at radius 2 is 2.14 bits per heavy atom. The van der Waals surface area contributed by atoms with Gasteiger partial charge in [-0.05, 0) is 49.2 Å². The molecule has 1 aromatic heterocycles. The second kappa shape index (κ2) is 10.1. The Morgan fingerprint density at radius 3 is 2.86 bits per heavy atom. The molecule has 0 amide bonds. The van der Waals surface area contributed by atoms with Crippen LogP contribution in [0.15, 0.2) is 17.2 Å². The van der Waals surface area contributed by atoms with E-state index in [4.69, 9.17) is 33.3 Å². The third kappa shape index (κ3) is 5.14. The lowest BCUT2D eigenvalue weighted by molar-refractivity contribution is 0.311. The minimum absolute atomic E-state index is 0.475. The number of rotatable bonds is 8. The van der Waals surface area contributed by atoms with Gasteiger partial charge in [0.15, 0.2) is 17.3 Å². The molecule has 0 unspecified atom stereocenters. The molecule has 0 spiro atoms. The minimum Gasteiger partial charge on any atom is -0.491 e. The predicted molar refractivity (Wildman–Crippen MR) is 114 cm³/mol. The van der Waals surface area contributed by atoms with Crippen molar-refractivity contribution < 1.29 is 9.47 Å². The van der Waals surface area contributed by atoms with Gasteiger partial charge >= 0.3 is 0 Å². The number of aromatic nitrogens is 3. The number of nitrogens with zero attached hydrogens (tertiary/aromatic N) is 3. The number of benzene rings is 1. The van der Waals surface area contributed by atoms with Crippen molar-refractivity contribution in [3.63, 3.8) is 0 Å². The summed E-state index contributed by atoms with van der Waals surface area (Å²) in [4.78, 5) is 0. The van der Waals surface area contributed by atoms with E-state index in [0.29, 0.717) is 27.9 Å². The molecule has 1 N–H and O–H groups in total. The number of aromatic amines is 1. The molecule has 1 saturated carbocycles. The van der Waals surface area contributed by atoms with E-state index >= 15 is 0 Å². The fourth-order valence-corrected chi connectivity index (χ4v) is 4.16. The number of methoxy groups -OCH3 is 1. The fourth-order valence-electron chi connectivity index (χ4n) is 3.66. The van der Waals surface area contributed by atoms with Crippen LogP contribution in [0.1, 0.15) is 56.8 Å². The van der Waals surface area contributed by atoms with Gasteiger partial charge in [0.05, 0.1) is 25.0 Å². The van der Waals surface area contributed by atoms with Gasteiger partial charge in [-0.25, -0.2) is 0 Å².